The molecule has 1 nitrogen and oxygen atoms in total. The summed E-state index contributed by atoms with van der Waals surface area (Å²) < 4.78 is 0. The third kappa shape index (κ3) is 1.89. The predicted molar refractivity (Wildman–Crippen MR) is 59.3 cm³/mol. The lowest BCUT2D eigenvalue weighted by molar-refractivity contribution is 0.891. The summed E-state index contributed by atoms with van der Waals surface area (Å²) >= 11 is 1.83. The maximum absolute atomic E-state index is 3.42. The second kappa shape index (κ2) is 3.46. The SMILES string of the molecule is Cc1cccc(C2=CSC(C)N2)c1. The lowest BCUT2D eigenvalue weighted by Crippen LogP contribution is -2.15. The quantitative estimate of drug-likeness (QED) is 0.732. The van der Waals surface area contributed by atoms with Gasteiger partial charge in [-0.2, -0.15) is 0 Å². The van der Waals surface area contributed by atoms with Crippen molar-refractivity contribution in [2.75, 3.05) is 0 Å². The van der Waals surface area contributed by atoms with Gasteiger partial charge in [-0.3, -0.25) is 0 Å². The van der Waals surface area contributed by atoms with Gasteiger partial charge < -0.3 is 5.32 Å². The Hall–Kier alpha value is -0.890. The van der Waals surface area contributed by atoms with Crippen molar-refractivity contribution in [2.24, 2.45) is 0 Å². The van der Waals surface area contributed by atoms with Crippen LogP contribution in [0.3, 0.4) is 0 Å². The van der Waals surface area contributed by atoms with E-state index < -0.39 is 0 Å². The maximum Gasteiger partial charge on any atom is 0.0735 e. The van der Waals surface area contributed by atoms with Crippen molar-refractivity contribution in [3.63, 3.8) is 0 Å². The highest BCUT2D eigenvalue weighted by atomic mass is 32.2. The van der Waals surface area contributed by atoms with E-state index in [1.807, 2.05) is 11.8 Å². The molecule has 0 spiro atoms. The van der Waals surface area contributed by atoms with Crippen LogP contribution in [0.25, 0.3) is 5.70 Å². The fourth-order valence-electron chi connectivity index (χ4n) is 1.42. The highest BCUT2D eigenvalue weighted by molar-refractivity contribution is 8.03. The third-order valence-corrected chi connectivity index (χ3v) is 2.98. The first-order valence-electron chi connectivity index (χ1n) is 4.45. The summed E-state index contributed by atoms with van der Waals surface area (Å²) in [7, 11) is 0. The number of benzene rings is 1. The Labute approximate surface area is 83.2 Å². The molecule has 1 aromatic rings. The first-order valence-corrected chi connectivity index (χ1v) is 5.39. The van der Waals surface area contributed by atoms with E-state index in [0.29, 0.717) is 5.37 Å². The molecule has 0 radical (unpaired) electrons. The van der Waals surface area contributed by atoms with Crippen molar-refractivity contribution in [2.45, 2.75) is 19.2 Å². The van der Waals surface area contributed by atoms with Crippen molar-refractivity contribution >= 4 is 17.5 Å². The molecular weight excluding hydrogens is 178 g/mol. The Bertz CT molecular complexity index is 344. The van der Waals surface area contributed by atoms with Crippen molar-refractivity contribution in [1.29, 1.82) is 0 Å². The average molecular weight is 191 g/mol. The highest BCUT2D eigenvalue weighted by Crippen LogP contribution is 2.26. The van der Waals surface area contributed by atoms with Crippen molar-refractivity contribution in [1.82, 2.24) is 5.32 Å². The fraction of sp³-hybridized carbons (Fsp3) is 0.273. The minimum Gasteiger partial charge on any atom is -0.372 e. The Morgan fingerprint density at radius 1 is 1.38 bits per heavy atom. The molecular formula is C11H13NS. The molecule has 0 aromatic heterocycles. The second-order valence-electron chi connectivity index (χ2n) is 3.32. The minimum absolute atomic E-state index is 0.510. The molecule has 0 saturated carbocycles. The van der Waals surface area contributed by atoms with Gasteiger partial charge in [-0.05, 0) is 30.9 Å². The number of hydrogen-bond donors (Lipinski definition) is 1. The highest BCUT2D eigenvalue weighted by Gasteiger charge is 2.12. The predicted octanol–water partition coefficient (Wildman–Crippen LogP) is 2.98. The summed E-state index contributed by atoms with van der Waals surface area (Å²) in [5.41, 5.74) is 3.85. The standard InChI is InChI=1S/C11H13NS/c1-8-4-3-5-10(6-8)11-7-13-9(2)12-11/h3-7,9,12H,1-2H3. The molecule has 1 atom stereocenters. The summed E-state index contributed by atoms with van der Waals surface area (Å²) in [6.45, 7) is 4.29. The molecule has 0 aliphatic carbocycles. The van der Waals surface area contributed by atoms with E-state index in [-0.39, 0.29) is 0 Å². The van der Waals surface area contributed by atoms with Gasteiger partial charge in [0.05, 0.1) is 5.37 Å². The molecule has 0 amide bonds. The first kappa shape index (κ1) is 8.70. The summed E-state index contributed by atoms with van der Waals surface area (Å²) in [6, 6.07) is 8.57. The van der Waals surface area contributed by atoms with E-state index in [0.717, 1.165) is 0 Å². The fourth-order valence-corrected chi connectivity index (χ4v) is 2.16. The van der Waals surface area contributed by atoms with E-state index in [2.05, 4.69) is 48.8 Å². The second-order valence-corrected chi connectivity index (χ2v) is 4.54. The van der Waals surface area contributed by atoms with Crippen LogP contribution >= 0.6 is 11.8 Å². The molecule has 1 aliphatic heterocycles. The number of hydrogen-bond acceptors (Lipinski definition) is 2. The molecule has 0 bridgehead atoms. The van der Waals surface area contributed by atoms with Crippen LogP contribution in [-0.4, -0.2) is 5.37 Å². The first-order chi connectivity index (χ1) is 6.25. The van der Waals surface area contributed by atoms with Gasteiger partial charge in [0.25, 0.3) is 0 Å². The molecule has 13 heavy (non-hydrogen) atoms. The number of rotatable bonds is 1. The normalized spacial score (nSPS) is 21.1. The Morgan fingerprint density at radius 2 is 2.23 bits per heavy atom. The van der Waals surface area contributed by atoms with Crippen molar-refractivity contribution < 1.29 is 0 Å². The monoisotopic (exact) mass is 191 g/mol. The van der Waals surface area contributed by atoms with E-state index in [1.54, 1.807) is 0 Å². The number of aryl methyl sites for hydroxylation is 1. The van der Waals surface area contributed by atoms with Crippen molar-refractivity contribution in [3.8, 4) is 0 Å². The van der Waals surface area contributed by atoms with Crippen LogP contribution in [0.4, 0.5) is 0 Å². The van der Waals surface area contributed by atoms with Crippen LogP contribution in [0, 0.1) is 6.92 Å². The largest absolute Gasteiger partial charge is 0.372 e. The topological polar surface area (TPSA) is 12.0 Å². The van der Waals surface area contributed by atoms with Gasteiger partial charge >= 0.3 is 0 Å². The molecule has 2 heteroatoms. The van der Waals surface area contributed by atoms with Gasteiger partial charge in [0.1, 0.15) is 0 Å². The van der Waals surface area contributed by atoms with Crippen LogP contribution in [0.2, 0.25) is 0 Å². The third-order valence-electron chi connectivity index (χ3n) is 2.08. The maximum atomic E-state index is 3.42. The number of thioether (sulfide) groups is 1. The molecule has 68 valence electrons. The summed E-state index contributed by atoms with van der Waals surface area (Å²) in [5.74, 6) is 0. The molecule has 1 unspecified atom stereocenters. The zero-order valence-electron chi connectivity index (χ0n) is 7.87. The molecule has 1 N–H and O–H groups in total. The molecule has 2 rings (SSSR count). The van der Waals surface area contributed by atoms with E-state index >= 15 is 0 Å². The van der Waals surface area contributed by atoms with Crippen molar-refractivity contribution in [3.05, 3.63) is 40.8 Å². The molecule has 1 aliphatic rings. The summed E-state index contributed by atoms with van der Waals surface area (Å²) in [5, 5.41) is 6.13. The molecule has 1 aromatic carbocycles. The van der Waals surface area contributed by atoms with E-state index in [1.165, 1.54) is 16.8 Å². The minimum atomic E-state index is 0.510. The van der Waals surface area contributed by atoms with Crippen LogP contribution in [0.15, 0.2) is 29.7 Å². The Morgan fingerprint density at radius 3 is 2.85 bits per heavy atom. The molecule has 1 heterocycles. The van der Waals surface area contributed by atoms with Crippen LogP contribution < -0.4 is 5.32 Å². The zero-order chi connectivity index (χ0) is 9.26. The Balaban J connectivity index is 2.26. The van der Waals surface area contributed by atoms with Gasteiger partial charge in [-0.1, -0.05) is 23.8 Å². The number of nitrogens with one attached hydrogen (secondary N) is 1. The zero-order valence-corrected chi connectivity index (χ0v) is 8.69. The van der Waals surface area contributed by atoms with E-state index in [9.17, 15) is 0 Å². The van der Waals surface area contributed by atoms with Gasteiger partial charge in [0.15, 0.2) is 0 Å². The summed E-state index contributed by atoms with van der Waals surface area (Å²) in [6.07, 6.45) is 0. The lowest BCUT2D eigenvalue weighted by atomic mass is 10.1. The van der Waals surface area contributed by atoms with Gasteiger partial charge in [0.2, 0.25) is 0 Å². The van der Waals surface area contributed by atoms with Gasteiger partial charge in [-0.15, -0.1) is 11.8 Å². The van der Waals surface area contributed by atoms with E-state index in [4.69, 9.17) is 0 Å². The lowest BCUT2D eigenvalue weighted by Gasteiger charge is -2.07. The summed E-state index contributed by atoms with van der Waals surface area (Å²) in [4.78, 5) is 0. The Kier molecular flexibility index (Phi) is 2.32. The molecule has 0 fully saturated rings. The van der Waals surface area contributed by atoms with Gasteiger partial charge in [0, 0.05) is 5.70 Å². The van der Waals surface area contributed by atoms with Crippen LogP contribution in [0.1, 0.15) is 18.1 Å². The van der Waals surface area contributed by atoms with Gasteiger partial charge in [-0.25, -0.2) is 0 Å². The van der Waals surface area contributed by atoms with Crippen LogP contribution in [0.5, 0.6) is 0 Å². The molecule has 0 saturated heterocycles. The average Bonchev–Trinajstić information content (AvgIpc) is 2.52. The smallest absolute Gasteiger partial charge is 0.0735 e. The van der Waals surface area contributed by atoms with Crippen LogP contribution in [-0.2, 0) is 0 Å².